The van der Waals surface area contributed by atoms with Crippen molar-refractivity contribution in [1.82, 2.24) is 0 Å². The summed E-state index contributed by atoms with van der Waals surface area (Å²) in [5.74, 6) is 1.44. The van der Waals surface area contributed by atoms with Crippen molar-refractivity contribution in [2.75, 3.05) is 13.4 Å². The first-order valence-electron chi connectivity index (χ1n) is 12.9. The molecule has 0 aromatic carbocycles. The molecule has 0 spiro atoms. The highest BCUT2D eigenvalue weighted by atomic mass is 32.2. The third-order valence-electron chi connectivity index (χ3n) is 10.5. The molecule has 6 nitrogen and oxygen atoms in total. The van der Waals surface area contributed by atoms with Crippen LogP contribution in [0.1, 0.15) is 85.0 Å². The fourth-order valence-corrected chi connectivity index (χ4v) is 9.52. The van der Waals surface area contributed by atoms with Gasteiger partial charge in [-0.2, -0.15) is 8.42 Å². The van der Waals surface area contributed by atoms with Crippen molar-refractivity contribution in [3.8, 4) is 0 Å². The molecule has 188 valence electrons. The molecule has 0 radical (unpaired) electrons. The van der Waals surface area contributed by atoms with Crippen LogP contribution >= 0.6 is 0 Å². The molecule has 0 saturated heterocycles. The van der Waals surface area contributed by atoms with Crippen molar-refractivity contribution in [2.45, 2.75) is 91.1 Å². The lowest BCUT2D eigenvalue weighted by molar-refractivity contribution is -0.172. The Balaban J connectivity index is 1.67. The number of carbonyl (C=O) groups excluding carboxylic acids is 2. The molecule has 0 bridgehead atoms. The SMILES string of the molecule is COC(=O)CC[C@@H](C)[C@H]1CC[C@H]2[C@@H]3[C@H](OS(C)(=O)=O)C[C@@H]4CCCC[C@]4(C)[C@H]3CC(=O)[C@]12C. The first kappa shape index (κ1) is 25.2. The highest BCUT2D eigenvalue weighted by Gasteiger charge is 2.66. The van der Waals surface area contributed by atoms with Gasteiger partial charge >= 0.3 is 5.97 Å². The molecule has 4 aliphatic carbocycles. The Morgan fingerprint density at radius 3 is 2.55 bits per heavy atom. The van der Waals surface area contributed by atoms with E-state index in [1.54, 1.807) is 0 Å². The van der Waals surface area contributed by atoms with Gasteiger partial charge in [0.25, 0.3) is 10.1 Å². The van der Waals surface area contributed by atoms with E-state index in [0.29, 0.717) is 31.0 Å². The number of fused-ring (bicyclic) bond motifs is 5. The second kappa shape index (κ2) is 8.92. The average Bonchev–Trinajstić information content (AvgIpc) is 3.10. The second-order valence-electron chi connectivity index (χ2n) is 12.0. The first-order valence-corrected chi connectivity index (χ1v) is 14.7. The number of carbonyl (C=O) groups is 2. The molecular weight excluding hydrogens is 440 g/mol. The summed E-state index contributed by atoms with van der Waals surface area (Å²) in [4.78, 5) is 25.6. The van der Waals surface area contributed by atoms with Gasteiger partial charge in [0.2, 0.25) is 0 Å². The fourth-order valence-electron chi connectivity index (χ4n) is 8.86. The number of Topliss-reactive ketones (excluding diaryl/α,β-unsaturated/α-hetero) is 1. The predicted molar refractivity (Wildman–Crippen MR) is 126 cm³/mol. The van der Waals surface area contributed by atoms with E-state index in [1.165, 1.54) is 20.0 Å². The number of ketones is 1. The summed E-state index contributed by atoms with van der Waals surface area (Å²) in [6, 6.07) is 0. The highest BCUT2D eigenvalue weighted by Crippen LogP contribution is 2.67. The number of hydrogen-bond acceptors (Lipinski definition) is 6. The van der Waals surface area contributed by atoms with Gasteiger partial charge in [-0.3, -0.25) is 13.8 Å². The normalized spacial score (nSPS) is 43.8. The summed E-state index contributed by atoms with van der Waals surface area (Å²) < 4.78 is 35.2. The van der Waals surface area contributed by atoms with Crippen LogP contribution in [-0.2, 0) is 28.6 Å². The van der Waals surface area contributed by atoms with Gasteiger partial charge in [-0.25, -0.2) is 0 Å². The van der Waals surface area contributed by atoms with Gasteiger partial charge in [0, 0.05) is 18.3 Å². The van der Waals surface area contributed by atoms with E-state index in [-0.39, 0.29) is 47.1 Å². The standard InChI is InChI=1S/C26H42O6S/c1-16(9-12-23(28)31-4)18-10-11-19-24-20(15-22(27)26(18,19)3)25(2)13-7-6-8-17(25)14-21(24)32-33(5,29)30/h16-21,24H,6-15H2,1-5H3/t16-,17+,18-,19+,20+,21-,24+,25+,26-/m1/s1. The molecule has 0 aromatic rings. The van der Waals surface area contributed by atoms with Gasteiger partial charge in [0.15, 0.2) is 0 Å². The third kappa shape index (κ3) is 4.30. The molecule has 4 fully saturated rings. The van der Waals surface area contributed by atoms with Crippen LogP contribution in [0, 0.1) is 46.3 Å². The number of hydrogen-bond donors (Lipinski definition) is 0. The fraction of sp³-hybridized carbons (Fsp3) is 0.923. The van der Waals surface area contributed by atoms with Crippen molar-refractivity contribution in [2.24, 2.45) is 46.3 Å². The zero-order valence-corrected chi connectivity index (χ0v) is 21.8. The lowest BCUT2D eigenvalue weighted by Gasteiger charge is -2.61. The zero-order chi connectivity index (χ0) is 24.2. The number of ether oxygens (including phenoxy) is 1. The Morgan fingerprint density at radius 1 is 1.15 bits per heavy atom. The lowest BCUT2D eigenvalue weighted by Crippen LogP contribution is -2.61. The Morgan fingerprint density at radius 2 is 1.88 bits per heavy atom. The number of rotatable bonds is 6. The van der Waals surface area contributed by atoms with Crippen molar-refractivity contribution in [3.63, 3.8) is 0 Å². The quantitative estimate of drug-likeness (QED) is 0.401. The Hall–Kier alpha value is -0.950. The van der Waals surface area contributed by atoms with Crippen molar-refractivity contribution >= 4 is 21.9 Å². The predicted octanol–water partition coefficient (Wildman–Crippen LogP) is 4.76. The van der Waals surface area contributed by atoms with Crippen LogP contribution in [-0.4, -0.2) is 39.6 Å². The number of esters is 1. The minimum atomic E-state index is -3.58. The molecule has 4 saturated carbocycles. The van der Waals surface area contributed by atoms with E-state index in [0.717, 1.165) is 38.4 Å². The largest absolute Gasteiger partial charge is 0.469 e. The van der Waals surface area contributed by atoms with Gasteiger partial charge in [0.1, 0.15) is 5.78 Å². The van der Waals surface area contributed by atoms with E-state index in [2.05, 4.69) is 20.8 Å². The third-order valence-corrected chi connectivity index (χ3v) is 11.1. The summed E-state index contributed by atoms with van der Waals surface area (Å²) in [5, 5.41) is 0. The Bertz CT molecular complexity index is 883. The molecule has 0 N–H and O–H groups in total. The van der Waals surface area contributed by atoms with Crippen LogP contribution < -0.4 is 0 Å². The Labute approximate surface area is 199 Å². The monoisotopic (exact) mass is 482 g/mol. The van der Waals surface area contributed by atoms with E-state index < -0.39 is 15.5 Å². The lowest BCUT2D eigenvalue weighted by atomic mass is 9.43. The molecular formula is C26H42O6S. The van der Waals surface area contributed by atoms with Crippen LogP contribution in [0.3, 0.4) is 0 Å². The molecule has 4 aliphatic rings. The summed E-state index contributed by atoms with van der Waals surface area (Å²) >= 11 is 0. The van der Waals surface area contributed by atoms with Crippen molar-refractivity contribution < 1.29 is 26.9 Å². The average molecular weight is 483 g/mol. The summed E-state index contributed by atoms with van der Waals surface area (Å²) in [7, 11) is -2.17. The minimum absolute atomic E-state index is 0.0891. The summed E-state index contributed by atoms with van der Waals surface area (Å²) in [6.45, 7) is 6.66. The first-order chi connectivity index (χ1) is 15.4. The molecule has 7 heteroatoms. The molecule has 0 heterocycles. The van der Waals surface area contributed by atoms with E-state index in [4.69, 9.17) is 8.92 Å². The maximum absolute atomic E-state index is 13.9. The van der Waals surface area contributed by atoms with Gasteiger partial charge in [-0.1, -0.05) is 33.6 Å². The molecule has 33 heavy (non-hydrogen) atoms. The minimum Gasteiger partial charge on any atom is -0.469 e. The van der Waals surface area contributed by atoms with Gasteiger partial charge in [0.05, 0.1) is 19.5 Å². The molecule has 0 aliphatic heterocycles. The molecule has 0 amide bonds. The van der Waals surface area contributed by atoms with E-state index in [9.17, 15) is 18.0 Å². The summed E-state index contributed by atoms with van der Waals surface area (Å²) in [6.07, 6.45) is 9.72. The second-order valence-corrected chi connectivity index (χ2v) is 13.6. The van der Waals surface area contributed by atoms with Crippen LogP contribution in [0.25, 0.3) is 0 Å². The van der Waals surface area contributed by atoms with E-state index >= 15 is 0 Å². The van der Waals surface area contributed by atoms with Crippen molar-refractivity contribution in [1.29, 1.82) is 0 Å². The molecule has 0 aromatic heterocycles. The van der Waals surface area contributed by atoms with Gasteiger partial charge < -0.3 is 4.74 Å². The van der Waals surface area contributed by atoms with Crippen LogP contribution in [0.15, 0.2) is 0 Å². The molecule has 0 unspecified atom stereocenters. The molecule has 4 rings (SSSR count). The zero-order valence-electron chi connectivity index (χ0n) is 21.0. The van der Waals surface area contributed by atoms with Gasteiger partial charge in [-0.05, 0) is 79.4 Å². The van der Waals surface area contributed by atoms with Crippen LogP contribution in [0.2, 0.25) is 0 Å². The van der Waals surface area contributed by atoms with E-state index in [1.807, 2.05) is 0 Å². The Kier molecular flexibility index (Phi) is 6.80. The van der Waals surface area contributed by atoms with Gasteiger partial charge in [-0.15, -0.1) is 0 Å². The maximum Gasteiger partial charge on any atom is 0.305 e. The highest BCUT2D eigenvalue weighted by molar-refractivity contribution is 7.86. The topological polar surface area (TPSA) is 86.7 Å². The molecule has 9 atom stereocenters. The van der Waals surface area contributed by atoms with Crippen LogP contribution in [0.5, 0.6) is 0 Å². The van der Waals surface area contributed by atoms with Crippen molar-refractivity contribution in [3.05, 3.63) is 0 Å². The summed E-state index contributed by atoms with van der Waals surface area (Å²) in [5.41, 5.74) is -0.389. The van der Waals surface area contributed by atoms with Crippen LogP contribution in [0.4, 0.5) is 0 Å². The number of methoxy groups -OCH3 is 1. The maximum atomic E-state index is 13.9. The smallest absolute Gasteiger partial charge is 0.305 e.